The zero-order chi connectivity index (χ0) is 24.3. The van der Waals surface area contributed by atoms with Gasteiger partial charge in [-0.3, -0.25) is 9.59 Å². The van der Waals surface area contributed by atoms with Gasteiger partial charge in [-0.25, -0.2) is 8.42 Å². The second kappa shape index (κ2) is 8.94. The Balaban J connectivity index is 0.00000324. The molecule has 3 N–H and O–H groups in total. The van der Waals surface area contributed by atoms with Gasteiger partial charge in [-0.1, -0.05) is 57.2 Å². The summed E-state index contributed by atoms with van der Waals surface area (Å²) in [4.78, 5) is 25.9. The number of benzene rings is 3. The van der Waals surface area contributed by atoms with Crippen LogP contribution in [0.1, 0.15) is 63.7 Å². The van der Waals surface area contributed by atoms with E-state index in [9.17, 15) is 22.6 Å². The van der Waals surface area contributed by atoms with E-state index in [1.54, 1.807) is 12.1 Å². The molecule has 9 heteroatoms. The molecule has 1 aliphatic carbocycles. The maximum absolute atomic E-state index is 13.4. The molecule has 0 spiro atoms. The van der Waals surface area contributed by atoms with Gasteiger partial charge in [-0.05, 0) is 35.6 Å². The van der Waals surface area contributed by atoms with E-state index in [1.807, 2.05) is 25.1 Å². The van der Waals surface area contributed by atoms with E-state index < -0.39 is 32.3 Å². The molecule has 3 aromatic carbocycles. The van der Waals surface area contributed by atoms with Crippen LogP contribution >= 0.6 is 0 Å². The molecule has 1 aliphatic rings. The van der Waals surface area contributed by atoms with Crippen LogP contribution in [0.3, 0.4) is 0 Å². The molecule has 0 saturated heterocycles. The van der Waals surface area contributed by atoms with E-state index in [2.05, 4.69) is 26.1 Å². The van der Waals surface area contributed by atoms with Crippen LogP contribution < -0.4 is 40.6 Å². The molecule has 0 saturated carbocycles. The number of rotatable bonds is 3. The molecule has 0 atom stereocenters. The van der Waals surface area contributed by atoms with Crippen LogP contribution in [0.15, 0.2) is 53.4 Å². The monoisotopic (exact) mass is 486 g/mol. The Morgan fingerprint density at radius 1 is 0.882 bits per heavy atom. The van der Waals surface area contributed by atoms with Crippen molar-refractivity contribution in [3.05, 3.63) is 81.9 Å². The first-order valence-electron chi connectivity index (χ1n) is 10.3. The summed E-state index contributed by atoms with van der Waals surface area (Å²) in [5.41, 5.74) is 7.92. The summed E-state index contributed by atoms with van der Waals surface area (Å²) < 4.78 is 35.8. The summed E-state index contributed by atoms with van der Waals surface area (Å²) >= 11 is 0. The van der Waals surface area contributed by atoms with Crippen LogP contribution in [-0.2, 0) is 15.5 Å². The summed E-state index contributed by atoms with van der Waals surface area (Å²) in [5, 5.41) is 3.07. The third kappa shape index (κ3) is 4.44. The Kier molecular flexibility index (Phi) is 6.87. The van der Waals surface area contributed by atoms with E-state index in [-0.39, 0.29) is 62.9 Å². The number of nitrogens with one attached hydrogen (secondary N) is 1. The number of anilines is 3. The van der Waals surface area contributed by atoms with Gasteiger partial charge in [0.25, 0.3) is 0 Å². The van der Waals surface area contributed by atoms with E-state index in [0.717, 1.165) is 17.2 Å². The third-order valence-corrected chi connectivity index (χ3v) is 6.71. The van der Waals surface area contributed by atoms with Crippen molar-refractivity contribution in [1.82, 2.24) is 0 Å². The summed E-state index contributed by atoms with van der Waals surface area (Å²) in [6.45, 7) is 8.11. The SMILES string of the molecule is Cc1cc(C(C)(C)C)ccc1Nc1cc(S(=O)(=O)[O-])c(N)c2c1C(=O)c1ccccc1C2=O.[Na+]. The second-order valence-electron chi connectivity index (χ2n) is 9.15. The number of fused-ring (bicyclic) bond motifs is 2. The average Bonchev–Trinajstić information content (AvgIpc) is 2.72. The summed E-state index contributed by atoms with van der Waals surface area (Å²) in [7, 11) is -5.01. The van der Waals surface area contributed by atoms with Gasteiger partial charge in [0.05, 0.1) is 27.4 Å². The smallest absolute Gasteiger partial charge is 0.744 e. The van der Waals surface area contributed by atoms with E-state index in [1.165, 1.54) is 12.1 Å². The topological polar surface area (TPSA) is 129 Å². The molecule has 7 nitrogen and oxygen atoms in total. The van der Waals surface area contributed by atoms with Crippen molar-refractivity contribution in [2.24, 2.45) is 0 Å². The van der Waals surface area contributed by atoms with Crippen molar-refractivity contribution < 1.29 is 52.1 Å². The molecule has 170 valence electrons. The zero-order valence-electron chi connectivity index (χ0n) is 19.6. The number of carbonyl (C=O) groups is 2. The second-order valence-corrected chi connectivity index (χ2v) is 10.5. The molecule has 4 rings (SSSR count). The fourth-order valence-electron chi connectivity index (χ4n) is 4.01. The standard InChI is InChI=1S/C25H24N2O5S.Na/c1-13-11-14(25(2,3)4)9-10-17(13)27-18-12-19(33(30,31)32)22(26)21-20(18)23(28)15-7-5-6-8-16(15)24(21)29;/h5-12,27H,26H2,1-4H3,(H,30,31,32);/q;+1/p-1. The molecule has 0 bridgehead atoms. The Morgan fingerprint density at radius 2 is 1.44 bits per heavy atom. The third-order valence-electron chi connectivity index (χ3n) is 5.83. The van der Waals surface area contributed by atoms with Crippen LogP contribution in [0, 0.1) is 6.92 Å². The fourth-order valence-corrected chi connectivity index (χ4v) is 4.65. The van der Waals surface area contributed by atoms with Gasteiger partial charge in [0, 0.05) is 16.8 Å². The number of hydrogen-bond donors (Lipinski definition) is 2. The van der Waals surface area contributed by atoms with Gasteiger partial charge in [0.15, 0.2) is 11.6 Å². The van der Waals surface area contributed by atoms with Gasteiger partial charge >= 0.3 is 29.6 Å². The number of ketones is 2. The van der Waals surface area contributed by atoms with Crippen molar-refractivity contribution in [2.75, 3.05) is 11.1 Å². The van der Waals surface area contributed by atoms with Gasteiger partial charge in [0.1, 0.15) is 10.1 Å². The normalized spacial score (nSPS) is 13.1. The molecule has 0 heterocycles. The van der Waals surface area contributed by atoms with E-state index in [0.29, 0.717) is 5.69 Å². The van der Waals surface area contributed by atoms with Gasteiger partial charge in [0.2, 0.25) is 0 Å². The molecule has 3 aromatic rings. The van der Waals surface area contributed by atoms with Crippen LogP contribution in [0.4, 0.5) is 17.1 Å². The number of aryl methyl sites for hydroxylation is 1. The average molecular weight is 487 g/mol. The minimum atomic E-state index is -5.01. The number of carbonyl (C=O) groups excluding carboxylic acids is 2. The summed E-state index contributed by atoms with van der Waals surface area (Å²) in [6, 6.07) is 13.0. The molecular formula is C25H23N2NaO5S. The molecule has 0 aliphatic heterocycles. The molecule has 0 fully saturated rings. The van der Waals surface area contributed by atoms with Gasteiger partial charge in [-0.15, -0.1) is 0 Å². The number of nitrogen functional groups attached to an aromatic ring is 1. The number of nitrogens with two attached hydrogens (primary N) is 1. The molecule has 0 aromatic heterocycles. The minimum absolute atomic E-state index is 0. The largest absolute Gasteiger partial charge is 1.00 e. The first-order valence-corrected chi connectivity index (χ1v) is 11.7. The predicted molar refractivity (Wildman–Crippen MR) is 125 cm³/mol. The summed E-state index contributed by atoms with van der Waals surface area (Å²) in [6.07, 6.45) is 0. The van der Waals surface area contributed by atoms with Crippen molar-refractivity contribution in [3.63, 3.8) is 0 Å². The van der Waals surface area contributed by atoms with Crippen LogP contribution in [0.5, 0.6) is 0 Å². The van der Waals surface area contributed by atoms with Crippen LogP contribution in [-0.4, -0.2) is 24.5 Å². The van der Waals surface area contributed by atoms with Gasteiger partial charge < -0.3 is 15.6 Å². The molecule has 0 radical (unpaired) electrons. The van der Waals surface area contributed by atoms with Crippen molar-refractivity contribution in [1.29, 1.82) is 0 Å². The van der Waals surface area contributed by atoms with E-state index in [4.69, 9.17) is 5.73 Å². The van der Waals surface area contributed by atoms with Crippen LogP contribution in [0.25, 0.3) is 0 Å². The quantitative estimate of drug-likeness (QED) is 0.254. The van der Waals surface area contributed by atoms with Crippen molar-refractivity contribution >= 4 is 38.7 Å². The first-order chi connectivity index (χ1) is 15.3. The van der Waals surface area contributed by atoms with Crippen molar-refractivity contribution in [3.8, 4) is 0 Å². The Labute approximate surface area is 220 Å². The maximum Gasteiger partial charge on any atom is 1.00 e. The zero-order valence-corrected chi connectivity index (χ0v) is 22.5. The molecule has 0 amide bonds. The predicted octanol–water partition coefficient (Wildman–Crippen LogP) is 1.30. The molecular weight excluding hydrogens is 463 g/mol. The molecule has 34 heavy (non-hydrogen) atoms. The maximum atomic E-state index is 13.4. The number of hydrogen-bond acceptors (Lipinski definition) is 7. The van der Waals surface area contributed by atoms with Crippen LogP contribution in [0.2, 0.25) is 0 Å². The van der Waals surface area contributed by atoms with E-state index >= 15 is 0 Å². The Hall–Kier alpha value is -2.49. The Bertz CT molecular complexity index is 1460. The van der Waals surface area contributed by atoms with Gasteiger partial charge in [-0.2, -0.15) is 0 Å². The van der Waals surface area contributed by atoms with Crippen molar-refractivity contribution in [2.45, 2.75) is 38.0 Å². The Morgan fingerprint density at radius 3 is 1.94 bits per heavy atom. The summed E-state index contributed by atoms with van der Waals surface area (Å²) in [5.74, 6) is -1.08. The fraction of sp³-hybridized carbons (Fsp3) is 0.200. The minimum Gasteiger partial charge on any atom is -0.744 e. The first kappa shape index (κ1) is 26.1. The molecule has 0 unspecified atom stereocenters.